The second-order valence-electron chi connectivity index (χ2n) is 2.32. The molecule has 3 heteroatoms. The lowest BCUT2D eigenvalue weighted by atomic mass is 10.2. The minimum Gasteiger partial charge on any atom is -0.249 e. The molecule has 0 radical (unpaired) electrons. The number of rotatable bonds is 2. The molecule has 1 aromatic heterocycles. The lowest BCUT2D eigenvalue weighted by Gasteiger charge is -2.03. The van der Waals surface area contributed by atoms with Crippen molar-refractivity contribution in [2.45, 2.75) is 26.3 Å². The van der Waals surface area contributed by atoms with Crippen molar-refractivity contribution in [1.29, 1.82) is 0 Å². The van der Waals surface area contributed by atoms with Gasteiger partial charge in [0.2, 0.25) is 0 Å². The Morgan fingerprint density at radius 1 is 1.82 bits per heavy atom. The van der Waals surface area contributed by atoms with Crippen LogP contribution in [0.25, 0.3) is 0 Å². The number of hydrogen-bond acceptors (Lipinski definition) is 2. The molecular formula is C8H11N3. The van der Waals surface area contributed by atoms with Crippen LogP contribution in [0.15, 0.2) is 6.33 Å². The zero-order chi connectivity index (χ0) is 8.27. The van der Waals surface area contributed by atoms with Gasteiger partial charge in [0.25, 0.3) is 0 Å². The Kier molecular flexibility index (Phi) is 2.27. The van der Waals surface area contributed by atoms with E-state index >= 15 is 0 Å². The van der Waals surface area contributed by atoms with Crippen LogP contribution in [0.4, 0.5) is 0 Å². The lowest BCUT2D eigenvalue weighted by molar-refractivity contribution is 0.607. The zero-order valence-electron chi connectivity index (χ0n) is 6.78. The SMILES string of the molecule is C#CC(C)c1ncnn1CC. The molecule has 1 atom stereocenters. The number of aromatic nitrogens is 3. The molecule has 0 saturated carbocycles. The van der Waals surface area contributed by atoms with Crippen molar-refractivity contribution in [3.63, 3.8) is 0 Å². The van der Waals surface area contributed by atoms with Gasteiger partial charge in [-0.05, 0) is 13.8 Å². The van der Waals surface area contributed by atoms with Crippen LogP contribution in [-0.2, 0) is 6.54 Å². The highest BCUT2D eigenvalue weighted by molar-refractivity contribution is 5.09. The molecule has 0 bridgehead atoms. The van der Waals surface area contributed by atoms with E-state index in [1.807, 2.05) is 18.5 Å². The molecule has 0 spiro atoms. The first-order valence-electron chi connectivity index (χ1n) is 3.63. The summed E-state index contributed by atoms with van der Waals surface area (Å²) >= 11 is 0. The largest absolute Gasteiger partial charge is 0.249 e. The van der Waals surface area contributed by atoms with Crippen molar-refractivity contribution in [2.75, 3.05) is 0 Å². The van der Waals surface area contributed by atoms with Gasteiger partial charge in [0, 0.05) is 6.54 Å². The van der Waals surface area contributed by atoms with E-state index in [1.54, 1.807) is 0 Å². The van der Waals surface area contributed by atoms with Crippen LogP contribution < -0.4 is 0 Å². The standard InChI is InChI=1S/C8H11N3/c1-4-7(3)8-9-6-10-11(8)5-2/h1,6-7H,5H2,2-3H3. The second kappa shape index (κ2) is 3.20. The number of nitrogens with zero attached hydrogens (tertiary/aromatic N) is 3. The predicted molar refractivity (Wildman–Crippen MR) is 42.9 cm³/mol. The van der Waals surface area contributed by atoms with E-state index in [0.29, 0.717) is 0 Å². The molecule has 1 heterocycles. The first kappa shape index (κ1) is 7.80. The minimum atomic E-state index is 0.0532. The van der Waals surface area contributed by atoms with Gasteiger partial charge in [0.05, 0.1) is 5.92 Å². The Morgan fingerprint density at radius 3 is 3.09 bits per heavy atom. The van der Waals surface area contributed by atoms with Crippen molar-refractivity contribution in [3.05, 3.63) is 12.2 Å². The number of hydrogen-bond donors (Lipinski definition) is 0. The zero-order valence-corrected chi connectivity index (χ0v) is 6.78. The van der Waals surface area contributed by atoms with Gasteiger partial charge in [0.15, 0.2) is 0 Å². The number of terminal acetylenes is 1. The van der Waals surface area contributed by atoms with Gasteiger partial charge >= 0.3 is 0 Å². The summed E-state index contributed by atoms with van der Waals surface area (Å²) in [4.78, 5) is 4.07. The van der Waals surface area contributed by atoms with Crippen molar-refractivity contribution in [3.8, 4) is 12.3 Å². The first-order chi connectivity index (χ1) is 5.29. The predicted octanol–water partition coefficient (Wildman–Crippen LogP) is 1.03. The third-order valence-electron chi connectivity index (χ3n) is 1.58. The fourth-order valence-electron chi connectivity index (χ4n) is 0.927. The van der Waals surface area contributed by atoms with Gasteiger partial charge in [-0.3, -0.25) is 0 Å². The molecule has 0 aliphatic heterocycles. The van der Waals surface area contributed by atoms with E-state index in [9.17, 15) is 0 Å². The molecule has 0 fully saturated rings. The van der Waals surface area contributed by atoms with E-state index in [2.05, 4.69) is 16.0 Å². The molecule has 0 saturated heterocycles. The van der Waals surface area contributed by atoms with Gasteiger partial charge in [0.1, 0.15) is 12.2 Å². The average molecular weight is 149 g/mol. The van der Waals surface area contributed by atoms with Crippen LogP contribution in [-0.4, -0.2) is 14.8 Å². The second-order valence-corrected chi connectivity index (χ2v) is 2.32. The first-order valence-corrected chi connectivity index (χ1v) is 3.63. The molecule has 0 N–H and O–H groups in total. The van der Waals surface area contributed by atoms with Crippen LogP contribution in [0.5, 0.6) is 0 Å². The molecule has 1 unspecified atom stereocenters. The Hall–Kier alpha value is -1.30. The van der Waals surface area contributed by atoms with Crippen LogP contribution in [0.2, 0.25) is 0 Å². The van der Waals surface area contributed by atoms with Crippen LogP contribution in [0.3, 0.4) is 0 Å². The Bertz CT molecular complexity index is 269. The maximum absolute atomic E-state index is 5.26. The van der Waals surface area contributed by atoms with E-state index in [-0.39, 0.29) is 5.92 Å². The van der Waals surface area contributed by atoms with Gasteiger partial charge in [-0.2, -0.15) is 5.10 Å². The molecule has 58 valence electrons. The lowest BCUT2D eigenvalue weighted by Crippen LogP contribution is -2.05. The quantitative estimate of drug-likeness (QED) is 0.588. The molecule has 0 aromatic carbocycles. The molecule has 0 aliphatic carbocycles. The van der Waals surface area contributed by atoms with Gasteiger partial charge in [-0.15, -0.1) is 6.42 Å². The third-order valence-corrected chi connectivity index (χ3v) is 1.58. The highest BCUT2D eigenvalue weighted by Crippen LogP contribution is 2.08. The maximum Gasteiger partial charge on any atom is 0.141 e. The van der Waals surface area contributed by atoms with Crippen molar-refractivity contribution in [2.24, 2.45) is 0 Å². The third kappa shape index (κ3) is 1.40. The van der Waals surface area contributed by atoms with Crippen molar-refractivity contribution < 1.29 is 0 Å². The van der Waals surface area contributed by atoms with Crippen molar-refractivity contribution >= 4 is 0 Å². The monoisotopic (exact) mass is 149 g/mol. The number of aryl methyl sites for hydroxylation is 1. The summed E-state index contributed by atoms with van der Waals surface area (Å²) in [5.41, 5.74) is 0. The molecule has 0 aliphatic rings. The Morgan fingerprint density at radius 2 is 2.55 bits per heavy atom. The Labute approximate surface area is 66.4 Å². The summed E-state index contributed by atoms with van der Waals surface area (Å²) in [6.45, 7) is 4.78. The topological polar surface area (TPSA) is 30.7 Å². The molecule has 1 aromatic rings. The molecular weight excluding hydrogens is 138 g/mol. The van der Waals surface area contributed by atoms with Gasteiger partial charge < -0.3 is 0 Å². The summed E-state index contributed by atoms with van der Waals surface area (Å²) in [5.74, 6) is 3.54. The van der Waals surface area contributed by atoms with Crippen LogP contribution >= 0.6 is 0 Å². The van der Waals surface area contributed by atoms with E-state index in [0.717, 1.165) is 12.4 Å². The van der Waals surface area contributed by atoms with Crippen LogP contribution in [0.1, 0.15) is 25.6 Å². The van der Waals surface area contributed by atoms with E-state index < -0.39 is 0 Å². The summed E-state index contributed by atoms with van der Waals surface area (Å²) in [5, 5.41) is 4.01. The van der Waals surface area contributed by atoms with Gasteiger partial charge in [-0.25, -0.2) is 9.67 Å². The maximum atomic E-state index is 5.26. The normalized spacial score (nSPS) is 12.5. The van der Waals surface area contributed by atoms with Gasteiger partial charge in [-0.1, -0.05) is 5.92 Å². The fraction of sp³-hybridized carbons (Fsp3) is 0.500. The molecule has 0 amide bonds. The van der Waals surface area contributed by atoms with Crippen molar-refractivity contribution in [1.82, 2.24) is 14.8 Å². The molecule has 1 rings (SSSR count). The highest BCUT2D eigenvalue weighted by atomic mass is 15.3. The Balaban J connectivity index is 2.94. The minimum absolute atomic E-state index is 0.0532. The summed E-state index contributed by atoms with van der Waals surface area (Å²) < 4.78 is 1.81. The summed E-state index contributed by atoms with van der Waals surface area (Å²) in [6.07, 6.45) is 6.79. The van der Waals surface area contributed by atoms with E-state index in [4.69, 9.17) is 6.42 Å². The van der Waals surface area contributed by atoms with E-state index in [1.165, 1.54) is 6.33 Å². The van der Waals surface area contributed by atoms with Crippen LogP contribution in [0, 0.1) is 12.3 Å². The molecule has 11 heavy (non-hydrogen) atoms. The molecule has 3 nitrogen and oxygen atoms in total. The summed E-state index contributed by atoms with van der Waals surface area (Å²) in [7, 11) is 0. The highest BCUT2D eigenvalue weighted by Gasteiger charge is 2.07. The average Bonchev–Trinajstić information content (AvgIpc) is 2.50. The summed E-state index contributed by atoms with van der Waals surface area (Å²) in [6, 6.07) is 0. The fourth-order valence-corrected chi connectivity index (χ4v) is 0.927. The smallest absolute Gasteiger partial charge is 0.141 e.